The van der Waals surface area contributed by atoms with E-state index in [-0.39, 0.29) is 12.3 Å². The topological polar surface area (TPSA) is 140 Å². The molecule has 1 aromatic carbocycles. The first-order valence-electron chi connectivity index (χ1n) is 11.7. The molecule has 0 aromatic heterocycles. The number of urea groups is 1. The van der Waals surface area contributed by atoms with Crippen molar-refractivity contribution < 1.29 is 29.2 Å². The lowest BCUT2D eigenvalue weighted by atomic mass is 9.76. The molecular formula is C23H37BN4O6. The van der Waals surface area contributed by atoms with Crippen molar-refractivity contribution in [2.75, 3.05) is 26.3 Å². The zero-order chi connectivity index (χ0) is 25.1. The number of aryl methyl sites for hydroxylation is 1. The number of nitrogens with zero attached hydrogens (tertiary/aromatic N) is 1. The molecule has 2 atom stereocenters. The Morgan fingerprint density at radius 2 is 1.74 bits per heavy atom. The Kier molecular flexibility index (Phi) is 10.8. The Labute approximate surface area is 201 Å². The fraction of sp³-hybridized carbons (Fsp3) is 0.609. The predicted molar refractivity (Wildman–Crippen MR) is 129 cm³/mol. The van der Waals surface area contributed by atoms with Crippen LogP contribution in [0.1, 0.15) is 45.6 Å². The molecule has 10 nitrogen and oxygen atoms in total. The summed E-state index contributed by atoms with van der Waals surface area (Å²) in [6.45, 7) is 7.06. The van der Waals surface area contributed by atoms with Gasteiger partial charge < -0.3 is 35.6 Å². The molecule has 0 saturated carbocycles. The summed E-state index contributed by atoms with van der Waals surface area (Å²) >= 11 is 0. The van der Waals surface area contributed by atoms with E-state index >= 15 is 0 Å². The number of carbonyl (C=O) groups is 3. The van der Waals surface area contributed by atoms with Gasteiger partial charge in [0.15, 0.2) is 0 Å². The number of benzene rings is 1. The van der Waals surface area contributed by atoms with Gasteiger partial charge in [0.2, 0.25) is 11.8 Å². The van der Waals surface area contributed by atoms with Crippen LogP contribution in [0.25, 0.3) is 0 Å². The summed E-state index contributed by atoms with van der Waals surface area (Å²) in [4.78, 5) is 39.8. The summed E-state index contributed by atoms with van der Waals surface area (Å²) in [6.07, 6.45) is 1.39. The molecule has 1 aromatic rings. The Hall–Kier alpha value is -2.63. The summed E-state index contributed by atoms with van der Waals surface area (Å²) in [6, 6.07) is 7.98. The maximum atomic E-state index is 13.0. The number of carbonyl (C=O) groups excluding carboxylic acids is 3. The summed E-state index contributed by atoms with van der Waals surface area (Å²) in [5, 5.41) is 27.5. The van der Waals surface area contributed by atoms with Crippen LogP contribution in [0.2, 0.25) is 0 Å². The average Bonchev–Trinajstić information content (AvgIpc) is 2.77. The summed E-state index contributed by atoms with van der Waals surface area (Å²) in [5.74, 6) is -1.88. The van der Waals surface area contributed by atoms with Gasteiger partial charge in [0.25, 0.3) is 0 Å². The van der Waals surface area contributed by atoms with Gasteiger partial charge in [-0.15, -0.1) is 0 Å². The van der Waals surface area contributed by atoms with Gasteiger partial charge in [-0.1, -0.05) is 30.3 Å². The highest BCUT2D eigenvalue weighted by Crippen LogP contribution is 2.09. The number of nitrogens with one attached hydrogen (secondary N) is 3. The maximum absolute atomic E-state index is 13.0. The third-order valence-electron chi connectivity index (χ3n) is 5.36. The van der Waals surface area contributed by atoms with Gasteiger partial charge in [0.05, 0.1) is 25.6 Å². The molecule has 34 heavy (non-hydrogen) atoms. The van der Waals surface area contributed by atoms with Crippen LogP contribution in [0.5, 0.6) is 0 Å². The van der Waals surface area contributed by atoms with E-state index in [9.17, 15) is 24.4 Å². The van der Waals surface area contributed by atoms with Crippen LogP contribution in [0.15, 0.2) is 30.3 Å². The fourth-order valence-electron chi connectivity index (χ4n) is 3.61. The molecule has 0 spiro atoms. The van der Waals surface area contributed by atoms with Crippen LogP contribution in [0.3, 0.4) is 0 Å². The zero-order valence-electron chi connectivity index (χ0n) is 20.3. The number of amides is 4. The zero-order valence-corrected chi connectivity index (χ0v) is 20.3. The number of hydrogen-bond donors (Lipinski definition) is 5. The molecule has 188 valence electrons. The number of hydrogen-bond acceptors (Lipinski definition) is 6. The van der Waals surface area contributed by atoms with E-state index in [0.29, 0.717) is 45.6 Å². The summed E-state index contributed by atoms with van der Waals surface area (Å²) < 4.78 is 5.26. The third-order valence-corrected chi connectivity index (χ3v) is 5.36. The molecule has 0 radical (unpaired) electrons. The van der Waals surface area contributed by atoms with Crippen molar-refractivity contribution in [1.29, 1.82) is 0 Å². The van der Waals surface area contributed by atoms with Gasteiger partial charge in [0.1, 0.15) is 6.04 Å². The SMILES string of the molecule is CC(C)(C)NC(=O)NC(CC(=O)N1CCOCC1)C(=O)NC(CCCc1ccccc1)B(O)O. The third kappa shape index (κ3) is 10.1. The fourth-order valence-corrected chi connectivity index (χ4v) is 3.61. The van der Waals surface area contributed by atoms with E-state index in [1.807, 2.05) is 30.3 Å². The summed E-state index contributed by atoms with van der Waals surface area (Å²) in [7, 11) is -1.78. The van der Waals surface area contributed by atoms with Gasteiger partial charge in [-0.05, 0) is 45.6 Å². The molecule has 0 aliphatic carbocycles. The number of ether oxygens (including phenoxy) is 1. The molecule has 2 unspecified atom stereocenters. The van der Waals surface area contributed by atoms with Gasteiger partial charge in [-0.3, -0.25) is 9.59 Å². The minimum atomic E-state index is -1.78. The molecule has 1 fully saturated rings. The van der Waals surface area contributed by atoms with Crippen molar-refractivity contribution in [3.05, 3.63) is 35.9 Å². The second-order valence-corrected chi connectivity index (χ2v) is 9.50. The smallest absolute Gasteiger partial charge is 0.426 e. The van der Waals surface area contributed by atoms with Gasteiger partial charge in [-0.25, -0.2) is 4.79 Å². The molecule has 5 N–H and O–H groups in total. The predicted octanol–water partition coefficient (Wildman–Crippen LogP) is 0.221. The molecular weight excluding hydrogens is 439 g/mol. The van der Waals surface area contributed by atoms with Crippen molar-refractivity contribution in [3.8, 4) is 0 Å². The maximum Gasteiger partial charge on any atom is 0.475 e. The second-order valence-electron chi connectivity index (χ2n) is 9.50. The molecule has 2 rings (SSSR count). The Balaban J connectivity index is 2.02. The van der Waals surface area contributed by atoms with Crippen LogP contribution in [0, 0.1) is 0 Å². The first kappa shape index (κ1) is 27.6. The van der Waals surface area contributed by atoms with E-state index in [1.54, 1.807) is 25.7 Å². The summed E-state index contributed by atoms with van der Waals surface area (Å²) in [5.41, 5.74) is 0.565. The van der Waals surface area contributed by atoms with Crippen molar-refractivity contribution in [2.24, 2.45) is 0 Å². The number of rotatable bonds is 10. The van der Waals surface area contributed by atoms with E-state index < -0.39 is 36.6 Å². The van der Waals surface area contributed by atoms with E-state index in [1.165, 1.54) is 0 Å². The molecule has 1 aliphatic rings. The van der Waals surface area contributed by atoms with Crippen LogP contribution in [-0.4, -0.2) is 83.7 Å². The Bertz CT molecular complexity index is 796. The standard InChI is InChI=1S/C23H37BN4O6/c1-23(2,3)27-22(31)25-18(16-20(29)28-12-14-34-15-13-28)21(30)26-19(24(32)33)11-7-10-17-8-5-4-6-9-17/h4-6,8-9,18-19,32-33H,7,10-16H2,1-3H3,(H,26,30)(H2,25,27,31). The first-order chi connectivity index (χ1) is 16.0. The lowest BCUT2D eigenvalue weighted by Gasteiger charge is -2.30. The molecule has 1 heterocycles. The van der Waals surface area contributed by atoms with Gasteiger partial charge >= 0.3 is 13.1 Å². The normalized spacial score (nSPS) is 15.7. The first-order valence-corrected chi connectivity index (χ1v) is 11.7. The Morgan fingerprint density at radius 3 is 2.32 bits per heavy atom. The lowest BCUT2D eigenvalue weighted by molar-refractivity contribution is -0.138. The highest BCUT2D eigenvalue weighted by atomic mass is 16.5. The highest BCUT2D eigenvalue weighted by Gasteiger charge is 2.32. The van der Waals surface area contributed by atoms with Crippen LogP contribution < -0.4 is 16.0 Å². The molecule has 1 saturated heterocycles. The van der Waals surface area contributed by atoms with Gasteiger partial charge in [0, 0.05) is 18.6 Å². The highest BCUT2D eigenvalue weighted by molar-refractivity contribution is 6.43. The van der Waals surface area contributed by atoms with Crippen molar-refractivity contribution in [1.82, 2.24) is 20.9 Å². The minimum Gasteiger partial charge on any atom is -0.426 e. The van der Waals surface area contributed by atoms with Crippen molar-refractivity contribution in [2.45, 2.75) is 64.0 Å². The number of morpholine rings is 1. The van der Waals surface area contributed by atoms with E-state index in [4.69, 9.17) is 4.74 Å². The van der Waals surface area contributed by atoms with Crippen LogP contribution in [-0.2, 0) is 20.7 Å². The molecule has 11 heteroatoms. The van der Waals surface area contributed by atoms with E-state index in [2.05, 4.69) is 16.0 Å². The van der Waals surface area contributed by atoms with Crippen LogP contribution >= 0.6 is 0 Å². The lowest BCUT2D eigenvalue weighted by Crippen LogP contribution is -2.58. The largest absolute Gasteiger partial charge is 0.475 e. The van der Waals surface area contributed by atoms with Crippen LogP contribution in [0.4, 0.5) is 4.79 Å². The molecule has 4 amide bonds. The van der Waals surface area contributed by atoms with Gasteiger partial charge in [-0.2, -0.15) is 0 Å². The minimum absolute atomic E-state index is 0.248. The van der Waals surface area contributed by atoms with E-state index in [0.717, 1.165) is 5.56 Å². The quantitative estimate of drug-likeness (QED) is 0.306. The molecule has 1 aliphatic heterocycles. The van der Waals surface area contributed by atoms with Crippen molar-refractivity contribution >= 4 is 25.0 Å². The average molecular weight is 476 g/mol. The second kappa shape index (κ2) is 13.3. The molecule has 0 bridgehead atoms. The Morgan fingerprint density at radius 1 is 1.09 bits per heavy atom. The monoisotopic (exact) mass is 476 g/mol. The van der Waals surface area contributed by atoms with Crippen molar-refractivity contribution in [3.63, 3.8) is 0 Å².